The third kappa shape index (κ3) is 4.10. The van der Waals surface area contributed by atoms with Crippen LogP contribution < -0.4 is 10.5 Å². The minimum Gasteiger partial charge on any atom is -0.397 e. The molecule has 0 aliphatic heterocycles. The fourth-order valence-corrected chi connectivity index (χ4v) is 3.90. The van der Waals surface area contributed by atoms with E-state index < -0.39 is 10.0 Å². The van der Waals surface area contributed by atoms with Crippen LogP contribution in [0.2, 0.25) is 5.02 Å². The number of nitrogens with two attached hydrogens (primary N) is 1. The molecule has 1 fully saturated rings. The molecule has 21 heavy (non-hydrogen) atoms. The predicted molar refractivity (Wildman–Crippen MR) is 86.1 cm³/mol. The van der Waals surface area contributed by atoms with Gasteiger partial charge in [-0.3, -0.25) is 4.90 Å². The molecule has 0 saturated heterocycles. The minimum absolute atomic E-state index is 0.193. The zero-order valence-electron chi connectivity index (χ0n) is 12.4. The van der Waals surface area contributed by atoms with E-state index >= 15 is 0 Å². The highest BCUT2D eigenvalue weighted by atomic mass is 35.5. The molecule has 0 heterocycles. The number of aryl methyl sites for hydroxylation is 1. The smallest absolute Gasteiger partial charge is 0.240 e. The molecule has 0 bridgehead atoms. The standard InChI is InChI=1S/C14H22ClN3O2S/c1-3-18(11-4-5-11)7-6-17-21(19,20)14-9-13(16)12(15)8-10(14)2/h8-9,11,17H,3-7,16H2,1-2H3. The Bertz CT molecular complexity index is 615. The van der Waals surface area contributed by atoms with Crippen LogP contribution in [0.3, 0.4) is 0 Å². The van der Waals surface area contributed by atoms with Gasteiger partial charge in [-0.25, -0.2) is 13.1 Å². The van der Waals surface area contributed by atoms with Crippen molar-refractivity contribution in [3.05, 3.63) is 22.7 Å². The molecular formula is C14H22ClN3O2S. The van der Waals surface area contributed by atoms with Crippen molar-refractivity contribution in [2.24, 2.45) is 0 Å². The summed E-state index contributed by atoms with van der Waals surface area (Å²) in [4.78, 5) is 2.49. The molecule has 1 saturated carbocycles. The van der Waals surface area contributed by atoms with Gasteiger partial charge in [-0.05, 0) is 44.0 Å². The van der Waals surface area contributed by atoms with E-state index in [9.17, 15) is 8.42 Å². The second kappa shape index (κ2) is 6.52. The number of rotatable bonds is 7. The Balaban J connectivity index is 2.03. The molecule has 5 nitrogen and oxygen atoms in total. The topological polar surface area (TPSA) is 75.4 Å². The summed E-state index contributed by atoms with van der Waals surface area (Å²) < 4.78 is 27.3. The first-order chi connectivity index (χ1) is 9.85. The van der Waals surface area contributed by atoms with Crippen LogP contribution in [0.5, 0.6) is 0 Å². The number of nitrogens with one attached hydrogen (secondary N) is 1. The minimum atomic E-state index is -3.55. The first kappa shape index (κ1) is 16.5. The van der Waals surface area contributed by atoms with Crippen LogP contribution in [0.25, 0.3) is 0 Å². The molecule has 1 aliphatic rings. The van der Waals surface area contributed by atoms with E-state index in [4.69, 9.17) is 17.3 Å². The van der Waals surface area contributed by atoms with Crippen molar-refractivity contribution in [1.29, 1.82) is 0 Å². The van der Waals surface area contributed by atoms with Crippen LogP contribution >= 0.6 is 11.6 Å². The van der Waals surface area contributed by atoms with Gasteiger partial charge >= 0.3 is 0 Å². The fraction of sp³-hybridized carbons (Fsp3) is 0.571. The van der Waals surface area contributed by atoms with Crippen LogP contribution in [-0.4, -0.2) is 39.0 Å². The Morgan fingerprint density at radius 2 is 2.10 bits per heavy atom. The summed E-state index contributed by atoms with van der Waals surface area (Å²) in [6, 6.07) is 3.62. The maximum absolute atomic E-state index is 12.3. The largest absolute Gasteiger partial charge is 0.397 e. The lowest BCUT2D eigenvalue weighted by Gasteiger charge is -2.20. The average Bonchev–Trinajstić information content (AvgIpc) is 3.23. The molecule has 1 aromatic rings. The van der Waals surface area contributed by atoms with Gasteiger partial charge in [0.15, 0.2) is 0 Å². The first-order valence-corrected chi connectivity index (χ1v) is 9.00. The first-order valence-electron chi connectivity index (χ1n) is 7.14. The Morgan fingerprint density at radius 3 is 2.67 bits per heavy atom. The lowest BCUT2D eigenvalue weighted by atomic mass is 10.2. The number of halogens is 1. The predicted octanol–water partition coefficient (Wildman–Crippen LogP) is 1.99. The molecule has 1 aliphatic carbocycles. The SMILES string of the molecule is CCN(CCNS(=O)(=O)c1cc(N)c(Cl)cc1C)C1CC1. The molecule has 7 heteroatoms. The van der Waals surface area contributed by atoms with Gasteiger partial charge in [0, 0.05) is 19.1 Å². The molecule has 0 radical (unpaired) electrons. The van der Waals surface area contributed by atoms with E-state index in [2.05, 4.69) is 16.5 Å². The summed E-state index contributed by atoms with van der Waals surface area (Å²) in [5.41, 5.74) is 6.57. The van der Waals surface area contributed by atoms with Gasteiger partial charge in [-0.15, -0.1) is 0 Å². The quantitative estimate of drug-likeness (QED) is 0.749. The van der Waals surface area contributed by atoms with Crippen LogP contribution in [0.4, 0.5) is 5.69 Å². The highest BCUT2D eigenvalue weighted by Crippen LogP contribution is 2.27. The Morgan fingerprint density at radius 1 is 1.43 bits per heavy atom. The van der Waals surface area contributed by atoms with Gasteiger partial charge in [0.05, 0.1) is 15.6 Å². The number of benzene rings is 1. The van der Waals surface area contributed by atoms with E-state index in [0.29, 0.717) is 23.2 Å². The summed E-state index contributed by atoms with van der Waals surface area (Å²) in [5.74, 6) is 0. The normalized spacial score (nSPS) is 15.6. The highest BCUT2D eigenvalue weighted by molar-refractivity contribution is 7.89. The Kier molecular flexibility index (Phi) is 5.14. The zero-order valence-corrected chi connectivity index (χ0v) is 14.0. The summed E-state index contributed by atoms with van der Waals surface area (Å²) >= 11 is 5.90. The van der Waals surface area contributed by atoms with E-state index in [1.165, 1.54) is 18.9 Å². The van der Waals surface area contributed by atoms with Gasteiger partial charge in [0.2, 0.25) is 10.0 Å². The van der Waals surface area contributed by atoms with Gasteiger partial charge in [-0.1, -0.05) is 18.5 Å². The van der Waals surface area contributed by atoms with Crippen LogP contribution in [-0.2, 0) is 10.0 Å². The molecule has 2 rings (SSSR count). The number of hydrogen-bond donors (Lipinski definition) is 2. The number of sulfonamides is 1. The summed E-state index contributed by atoms with van der Waals surface area (Å²) in [5, 5.41) is 0.373. The third-order valence-corrected chi connectivity index (χ3v) is 5.67. The second-order valence-electron chi connectivity index (χ2n) is 5.40. The third-order valence-electron chi connectivity index (χ3n) is 3.74. The molecule has 1 aromatic carbocycles. The van der Waals surface area contributed by atoms with Gasteiger partial charge in [0.25, 0.3) is 0 Å². The monoisotopic (exact) mass is 331 g/mol. The number of likely N-dealkylation sites (N-methyl/N-ethyl adjacent to an activating group) is 1. The maximum Gasteiger partial charge on any atom is 0.240 e. The number of nitrogens with zero attached hydrogens (tertiary/aromatic N) is 1. The molecule has 0 atom stereocenters. The van der Waals surface area contributed by atoms with E-state index in [1.54, 1.807) is 13.0 Å². The molecule has 0 unspecified atom stereocenters. The number of anilines is 1. The molecule has 0 aromatic heterocycles. The van der Waals surface area contributed by atoms with Crippen molar-refractivity contribution in [2.75, 3.05) is 25.4 Å². The van der Waals surface area contributed by atoms with Crippen molar-refractivity contribution < 1.29 is 8.42 Å². The van der Waals surface area contributed by atoms with Crippen LogP contribution in [0.1, 0.15) is 25.3 Å². The van der Waals surface area contributed by atoms with Gasteiger partial charge in [0.1, 0.15) is 0 Å². The average molecular weight is 332 g/mol. The van der Waals surface area contributed by atoms with Crippen molar-refractivity contribution in [3.63, 3.8) is 0 Å². The Hall–Kier alpha value is -0.820. The van der Waals surface area contributed by atoms with Crippen LogP contribution in [0.15, 0.2) is 17.0 Å². The summed E-state index contributed by atoms with van der Waals surface area (Å²) in [6.07, 6.45) is 2.43. The molecule has 0 amide bonds. The lowest BCUT2D eigenvalue weighted by molar-refractivity contribution is 0.282. The second-order valence-corrected chi connectivity index (χ2v) is 7.54. The molecule has 3 N–H and O–H groups in total. The lowest BCUT2D eigenvalue weighted by Crippen LogP contribution is -2.36. The fourth-order valence-electron chi connectivity index (χ4n) is 2.40. The van der Waals surface area contributed by atoms with Gasteiger partial charge in [-0.2, -0.15) is 0 Å². The maximum atomic E-state index is 12.3. The van der Waals surface area contributed by atoms with Crippen molar-refractivity contribution >= 4 is 27.3 Å². The van der Waals surface area contributed by atoms with Crippen molar-refractivity contribution in [3.8, 4) is 0 Å². The zero-order chi connectivity index (χ0) is 15.6. The summed E-state index contributed by atoms with van der Waals surface area (Å²) in [6.45, 7) is 5.87. The Labute approximate surface area is 131 Å². The summed E-state index contributed by atoms with van der Waals surface area (Å²) in [7, 11) is -3.55. The number of hydrogen-bond acceptors (Lipinski definition) is 4. The molecular weight excluding hydrogens is 310 g/mol. The van der Waals surface area contributed by atoms with E-state index in [1.807, 2.05) is 0 Å². The van der Waals surface area contributed by atoms with E-state index in [0.717, 1.165) is 13.1 Å². The van der Waals surface area contributed by atoms with Gasteiger partial charge < -0.3 is 5.73 Å². The highest BCUT2D eigenvalue weighted by Gasteiger charge is 2.27. The number of nitrogen functional groups attached to an aromatic ring is 1. The van der Waals surface area contributed by atoms with E-state index in [-0.39, 0.29) is 10.6 Å². The van der Waals surface area contributed by atoms with Crippen molar-refractivity contribution in [1.82, 2.24) is 9.62 Å². The van der Waals surface area contributed by atoms with Crippen molar-refractivity contribution in [2.45, 2.75) is 37.6 Å². The molecule has 0 spiro atoms. The van der Waals surface area contributed by atoms with Crippen LogP contribution in [0, 0.1) is 6.92 Å². The molecule has 118 valence electrons.